The summed E-state index contributed by atoms with van der Waals surface area (Å²) in [5.41, 5.74) is 0.924. The van der Waals surface area contributed by atoms with Crippen LogP contribution in [0.3, 0.4) is 0 Å². The van der Waals surface area contributed by atoms with E-state index in [-0.39, 0.29) is 12.3 Å². The predicted octanol–water partition coefficient (Wildman–Crippen LogP) is 1.20. The van der Waals surface area contributed by atoms with Crippen molar-refractivity contribution in [2.24, 2.45) is 0 Å². The van der Waals surface area contributed by atoms with Crippen molar-refractivity contribution < 1.29 is 14.1 Å². The van der Waals surface area contributed by atoms with Crippen LogP contribution < -0.4 is 0 Å². The topological polar surface area (TPSA) is 93.9 Å². The predicted molar refractivity (Wildman–Crippen MR) is 57.2 cm³/mol. The minimum atomic E-state index is -0.530. The fourth-order valence-electron chi connectivity index (χ4n) is 1.34. The largest absolute Gasteiger partial charge is 0.461 e. The van der Waals surface area contributed by atoms with Crippen LogP contribution in [0.1, 0.15) is 30.1 Å². The fraction of sp³-hybridized carbons (Fsp3) is 0.400. The molecule has 90 valence electrons. The van der Waals surface area contributed by atoms with Crippen molar-refractivity contribution in [1.82, 2.24) is 20.6 Å². The van der Waals surface area contributed by atoms with Gasteiger partial charge in [-0.15, -0.1) is 5.10 Å². The lowest BCUT2D eigenvalue weighted by atomic mass is 10.2. The molecule has 0 aliphatic heterocycles. The molecule has 0 spiro atoms. The molecule has 0 aromatic carbocycles. The summed E-state index contributed by atoms with van der Waals surface area (Å²) in [6.45, 7) is 3.95. The van der Waals surface area contributed by atoms with Gasteiger partial charge in [-0.2, -0.15) is 10.3 Å². The molecule has 17 heavy (non-hydrogen) atoms. The van der Waals surface area contributed by atoms with E-state index in [1.807, 2.05) is 6.92 Å². The third kappa shape index (κ3) is 2.17. The number of rotatable bonds is 4. The van der Waals surface area contributed by atoms with E-state index in [0.29, 0.717) is 11.4 Å². The molecule has 0 amide bonds. The van der Waals surface area contributed by atoms with E-state index in [4.69, 9.17) is 9.26 Å². The third-order valence-electron chi connectivity index (χ3n) is 2.17. The molecule has 0 saturated carbocycles. The normalized spacial score (nSPS) is 10.5. The van der Waals surface area contributed by atoms with Crippen molar-refractivity contribution in [1.29, 1.82) is 0 Å². The highest BCUT2D eigenvalue weighted by Crippen LogP contribution is 2.20. The first-order valence-electron chi connectivity index (χ1n) is 5.30. The molecule has 0 radical (unpaired) electrons. The third-order valence-corrected chi connectivity index (χ3v) is 2.17. The van der Waals surface area contributed by atoms with E-state index in [1.165, 1.54) is 0 Å². The number of hydrogen-bond donors (Lipinski definition) is 1. The van der Waals surface area contributed by atoms with Crippen LogP contribution in [-0.4, -0.2) is 33.1 Å². The Hall–Kier alpha value is -2.18. The molecule has 2 aromatic rings. The van der Waals surface area contributed by atoms with E-state index in [1.54, 1.807) is 13.0 Å². The van der Waals surface area contributed by atoms with Gasteiger partial charge in [-0.25, -0.2) is 4.79 Å². The first kappa shape index (κ1) is 11.3. The number of hydrogen-bond acceptors (Lipinski definition) is 6. The number of aromatic nitrogens is 4. The molecule has 2 aromatic heterocycles. The van der Waals surface area contributed by atoms with Gasteiger partial charge >= 0.3 is 5.97 Å². The molecule has 0 bridgehead atoms. The number of nitrogens with zero attached hydrogens (tertiary/aromatic N) is 3. The summed E-state index contributed by atoms with van der Waals surface area (Å²) in [4.78, 5) is 11.6. The Morgan fingerprint density at radius 3 is 2.94 bits per heavy atom. The van der Waals surface area contributed by atoms with E-state index < -0.39 is 5.97 Å². The van der Waals surface area contributed by atoms with Gasteiger partial charge in [-0.1, -0.05) is 12.1 Å². The van der Waals surface area contributed by atoms with Gasteiger partial charge in [0.15, 0.2) is 5.69 Å². The molecule has 2 heterocycles. The van der Waals surface area contributed by atoms with Crippen molar-refractivity contribution in [3.05, 3.63) is 17.5 Å². The van der Waals surface area contributed by atoms with Crippen LogP contribution in [-0.2, 0) is 11.2 Å². The van der Waals surface area contributed by atoms with Crippen molar-refractivity contribution in [2.45, 2.75) is 20.3 Å². The fourth-order valence-corrected chi connectivity index (χ4v) is 1.34. The molecule has 0 unspecified atom stereocenters. The lowest BCUT2D eigenvalue weighted by Crippen LogP contribution is -2.06. The van der Waals surface area contributed by atoms with Crippen molar-refractivity contribution in [3.63, 3.8) is 0 Å². The number of aromatic amines is 1. The van der Waals surface area contributed by atoms with Crippen LogP contribution >= 0.6 is 0 Å². The highest BCUT2D eigenvalue weighted by molar-refractivity contribution is 5.93. The molecule has 2 rings (SSSR count). The van der Waals surface area contributed by atoms with Crippen molar-refractivity contribution in [2.75, 3.05) is 6.61 Å². The van der Waals surface area contributed by atoms with Gasteiger partial charge in [0.05, 0.1) is 6.61 Å². The Morgan fingerprint density at radius 2 is 2.29 bits per heavy atom. The molecular weight excluding hydrogens is 224 g/mol. The maximum atomic E-state index is 11.6. The zero-order valence-electron chi connectivity index (χ0n) is 9.56. The SMILES string of the molecule is CCOC(=O)c1n[nH]nc1-c1cc(CC)on1. The Kier molecular flexibility index (Phi) is 3.17. The zero-order valence-corrected chi connectivity index (χ0v) is 9.56. The number of H-pyrrole nitrogens is 1. The number of carbonyl (C=O) groups excluding carboxylic acids is 1. The molecule has 1 N–H and O–H groups in total. The minimum absolute atomic E-state index is 0.114. The van der Waals surface area contributed by atoms with Crippen LogP contribution in [0, 0.1) is 0 Å². The molecule has 0 fully saturated rings. The Labute approximate surface area is 97.1 Å². The first-order valence-corrected chi connectivity index (χ1v) is 5.30. The van der Waals surface area contributed by atoms with Crippen LogP contribution in [0.25, 0.3) is 11.4 Å². The van der Waals surface area contributed by atoms with E-state index >= 15 is 0 Å². The molecular formula is C10H12N4O3. The maximum Gasteiger partial charge on any atom is 0.361 e. The highest BCUT2D eigenvalue weighted by Gasteiger charge is 2.21. The molecule has 0 atom stereocenters. The van der Waals surface area contributed by atoms with E-state index in [2.05, 4.69) is 20.6 Å². The Balaban J connectivity index is 2.33. The molecule has 0 saturated heterocycles. The van der Waals surface area contributed by atoms with Crippen LogP contribution in [0.2, 0.25) is 0 Å². The van der Waals surface area contributed by atoms with Crippen LogP contribution in [0.4, 0.5) is 0 Å². The summed E-state index contributed by atoms with van der Waals surface area (Å²) in [6.07, 6.45) is 0.722. The van der Waals surface area contributed by atoms with Gasteiger partial charge in [-0.05, 0) is 6.92 Å². The lowest BCUT2D eigenvalue weighted by molar-refractivity contribution is 0.0520. The van der Waals surface area contributed by atoms with Gasteiger partial charge < -0.3 is 9.26 Å². The minimum Gasteiger partial charge on any atom is -0.461 e. The molecule has 7 heteroatoms. The van der Waals surface area contributed by atoms with Gasteiger partial charge in [-0.3, -0.25) is 0 Å². The standard InChI is InChI=1S/C10H12N4O3/c1-3-6-5-7(13-17-6)8-9(12-14-11-8)10(15)16-4-2/h5H,3-4H2,1-2H3,(H,11,12,14). The van der Waals surface area contributed by atoms with Crippen LogP contribution in [0.5, 0.6) is 0 Å². The van der Waals surface area contributed by atoms with Gasteiger partial charge in [0.25, 0.3) is 0 Å². The Morgan fingerprint density at radius 1 is 1.47 bits per heavy atom. The summed E-state index contributed by atoms with van der Waals surface area (Å²) in [7, 11) is 0. The highest BCUT2D eigenvalue weighted by atomic mass is 16.5. The smallest absolute Gasteiger partial charge is 0.361 e. The number of esters is 1. The maximum absolute atomic E-state index is 11.6. The van der Waals surface area contributed by atoms with E-state index in [0.717, 1.165) is 12.2 Å². The summed E-state index contributed by atoms with van der Waals surface area (Å²) in [5, 5.41) is 13.8. The lowest BCUT2D eigenvalue weighted by Gasteiger charge is -1.97. The zero-order chi connectivity index (χ0) is 12.3. The molecule has 0 aliphatic carbocycles. The van der Waals surface area contributed by atoms with Gasteiger partial charge in [0.2, 0.25) is 0 Å². The van der Waals surface area contributed by atoms with E-state index in [9.17, 15) is 4.79 Å². The number of nitrogens with one attached hydrogen (secondary N) is 1. The molecule has 7 nitrogen and oxygen atoms in total. The first-order chi connectivity index (χ1) is 8.26. The second-order valence-electron chi connectivity index (χ2n) is 3.27. The summed E-state index contributed by atoms with van der Waals surface area (Å²) < 4.78 is 9.91. The number of ether oxygens (including phenoxy) is 1. The second kappa shape index (κ2) is 4.77. The molecule has 0 aliphatic rings. The quantitative estimate of drug-likeness (QED) is 0.801. The Bertz CT molecular complexity index is 517. The van der Waals surface area contributed by atoms with Crippen molar-refractivity contribution >= 4 is 5.97 Å². The monoisotopic (exact) mass is 236 g/mol. The second-order valence-corrected chi connectivity index (χ2v) is 3.27. The average molecular weight is 236 g/mol. The van der Waals surface area contributed by atoms with Crippen molar-refractivity contribution in [3.8, 4) is 11.4 Å². The number of aryl methyl sites for hydroxylation is 1. The number of carbonyl (C=O) groups is 1. The summed E-state index contributed by atoms with van der Waals surface area (Å²) >= 11 is 0. The van der Waals surface area contributed by atoms with Gasteiger partial charge in [0.1, 0.15) is 17.1 Å². The van der Waals surface area contributed by atoms with Crippen LogP contribution in [0.15, 0.2) is 10.6 Å². The van der Waals surface area contributed by atoms with Gasteiger partial charge in [0, 0.05) is 12.5 Å². The average Bonchev–Trinajstić information content (AvgIpc) is 2.97. The summed E-state index contributed by atoms with van der Waals surface area (Å²) in [6, 6.07) is 1.72. The summed E-state index contributed by atoms with van der Waals surface area (Å²) in [5.74, 6) is 0.190.